The average Bonchev–Trinajstić information content (AvgIpc) is 2.02. The summed E-state index contributed by atoms with van der Waals surface area (Å²) in [5, 5.41) is 0. The van der Waals surface area contributed by atoms with E-state index in [0.29, 0.717) is 13.0 Å². The van der Waals surface area contributed by atoms with Gasteiger partial charge in [-0.05, 0) is 19.8 Å². The molecule has 0 spiro atoms. The van der Waals surface area contributed by atoms with Crippen LogP contribution in [0.4, 0.5) is 0 Å². The molecular weight excluding hydrogens is 154 g/mol. The zero-order valence-electron chi connectivity index (χ0n) is 8.01. The van der Waals surface area contributed by atoms with Crippen LogP contribution < -0.4 is 5.73 Å². The minimum Gasteiger partial charge on any atom is -0.466 e. The Morgan fingerprint density at radius 2 is 2.08 bits per heavy atom. The summed E-state index contributed by atoms with van der Waals surface area (Å²) in [5.74, 6) is -0.135. The van der Waals surface area contributed by atoms with Gasteiger partial charge >= 0.3 is 5.97 Å². The third-order valence-electron chi connectivity index (χ3n) is 1.68. The van der Waals surface area contributed by atoms with Crippen molar-refractivity contribution in [2.24, 2.45) is 5.73 Å². The van der Waals surface area contributed by atoms with E-state index in [1.807, 2.05) is 6.92 Å². The highest BCUT2D eigenvalue weighted by molar-refractivity contribution is 5.69. The van der Waals surface area contributed by atoms with E-state index in [1.54, 1.807) is 0 Å². The SMILES string of the molecule is CCCC(N)CCC(=O)OCC. The van der Waals surface area contributed by atoms with E-state index in [4.69, 9.17) is 10.5 Å². The van der Waals surface area contributed by atoms with Gasteiger partial charge < -0.3 is 10.5 Å². The summed E-state index contributed by atoms with van der Waals surface area (Å²) in [5.41, 5.74) is 5.72. The fourth-order valence-electron chi connectivity index (χ4n) is 1.05. The number of hydrogen-bond acceptors (Lipinski definition) is 3. The van der Waals surface area contributed by atoms with Crippen LogP contribution in [-0.4, -0.2) is 18.6 Å². The first-order valence-electron chi connectivity index (χ1n) is 4.61. The van der Waals surface area contributed by atoms with Gasteiger partial charge in [0, 0.05) is 12.5 Å². The van der Waals surface area contributed by atoms with E-state index < -0.39 is 0 Å². The first-order valence-corrected chi connectivity index (χ1v) is 4.61. The molecule has 0 bridgehead atoms. The summed E-state index contributed by atoms with van der Waals surface area (Å²) in [6.07, 6.45) is 3.26. The zero-order valence-corrected chi connectivity index (χ0v) is 8.01. The lowest BCUT2D eigenvalue weighted by atomic mass is 10.1. The van der Waals surface area contributed by atoms with Crippen LogP contribution in [0.5, 0.6) is 0 Å². The van der Waals surface area contributed by atoms with Crippen molar-refractivity contribution in [1.29, 1.82) is 0 Å². The molecule has 1 atom stereocenters. The molecule has 3 nitrogen and oxygen atoms in total. The predicted octanol–water partition coefficient (Wildman–Crippen LogP) is 1.46. The van der Waals surface area contributed by atoms with Crippen LogP contribution in [0.25, 0.3) is 0 Å². The van der Waals surface area contributed by atoms with Gasteiger partial charge in [-0.1, -0.05) is 13.3 Å². The van der Waals surface area contributed by atoms with Gasteiger partial charge in [0.2, 0.25) is 0 Å². The fraction of sp³-hybridized carbons (Fsp3) is 0.889. The Balaban J connectivity index is 3.33. The molecule has 72 valence electrons. The minimum absolute atomic E-state index is 0.135. The quantitative estimate of drug-likeness (QED) is 0.619. The van der Waals surface area contributed by atoms with Gasteiger partial charge in [0.25, 0.3) is 0 Å². The Kier molecular flexibility index (Phi) is 6.76. The maximum atomic E-state index is 10.9. The summed E-state index contributed by atoms with van der Waals surface area (Å²) < 4.78 is 4.78. The first kappa shape index (κ1) is 11.4. The van der Waals surface area contributed by atoms with E-state index in [2.05, 4.69) is 6.92 Å². The standard InChI is InChI=1S/C9H19NO2/c1-3-5-8(10)6-7-9(11)12-4-2/h8H,3-7,10H2,1-2H3. The van der Waals surface area contributed by atoms with Gasteiger partial charge in [0.05, 0.1) is 6.61 Å². The average molecular weight is 173 g/mol. The molecule has 0 aliphatic heterocycles. The van der Waals surface area contributed by atoms with Crippen LogP contribution in [0, 0.1) is 0 Å². The van der Waals surface area contributed by atoms with Crippen LogP contribution in [-0.2, 0) is 9.53 Å². The van der Waals surface area contributed by atoms with Crippen LogP contribution >= 0.6 is 0 Å². The molecule has 3 heteroatoms. The molecule has 12 heavy (non-hydrogen) atoms. The lowest BCUT2D eigenvalue weighted by Gasteiger charge is -2.08. The Morgan fingerprint density at radius 3 is 2.58 bits per heavy atom. The molecule has 0 aromatic heterocycles. The van der Waals surface area contributed by atoms with Crippen molar-refractivity contribution in [1.82, 2.24) is 0 Å². The van der Waals surface area contributed by atoms with E-state index in [-0.39, 0.29) is 12.0 Å². The third-order valence-corrected chi connectivity index (χ3v) is 1.68. The van der Waals surface area contributed by atoms with Crippen LogP contribution in [0.1, 0.15) is 39.5 Å². The fourth-order valence-corrected chi connectivity index (χ4v) is 1.05. The van der Waals surface area contributed by atoms with E-state index in [0.717, 1.165) is 19.3 Å². The minimum atomic E-state index is -0.135. The van der Waals surface area contributed by atoms with Gasteiger partial charge in [-0.15, -0.1) is 0 Å². The van der Waals surface area contributed by atoms with Gasteiger partial charge in [-0.25, -0.2) is 0 Å². The molecule has 0 rings (SSSR count). The van der Waals surface area contributed by atoms with Crippen molar-refractivity contribution in [2.45, 2.75) is 45.6 Å². The Labute approximate surface area is 74.3 Å². The lowest BCUT2D eigenvalue weighted by Crippen LogP contribution is -2.21. The van der Waals surface area contributed by atoms with Crippen molar-refractivity contribution >= 4 is 5.97 Å². The zero-order chi connectivity index (χ0) is 9.40. The molecule has 0 radical (unpaired) electrons. The Hall–Kier alpha value is -0.570. The van der Waals surface area contributed by atoms with Gasteiger partial charge in [-0.3, -0.25) is 4.79 Å². The molecule has 0 aliphatic rings. The summed E-state index contributed by atoms with van der Waals surface area (Å²) in [6, 6.07) is 0.152. The van der Waals surface area contributed by atoms with Crippen LogP contribution in [0.3, 0.4) is 0 Å². The Morgan fingerprint density at radius 1 is 1.42 bits per heavy atom. The van der Waals surface area contributed by atoms with Gasteiger partial charge in [0.1, 0.15) is 0 Å². The summed E-state index contributed by atoms with van der Waals surface area (Å²) in [6.45, 7) is 4.36. The molecule has 0 aliphatic carbocycles. The van der Waals surface area contributed by atoms with Crippen LogP contribution in [0.2, 0.25) is 0 Å². The van der Waals surface area contributed by atoms with Crippen molar-refractivity contribution in [3.8, 4) is 0 Å². The summed E-state index contributed by atoms with van der Waals surface area (Å²) in [7, 11) is 0. The largest absolute Gasteiger partial charge is 0.466 e. The molecular formula is C9H19NO2. The van der Waals surface area contributed by atoms with E-state index in [1.165, 1.54) is 0 Å². The van der Waals surface area contributed by atoms with Gasteiger partial charge in [-0.2, -0.15) is 0 Å². The number of carbonyl (C=O) groups excluding carboxylic acids is 1. The van der Waals surface area contributed by atoms with Gasteiger partial charge in [0.15, 0.2) is 0 Å². The van der Waals surface area contributed by atoms with E-state index in [9.17, 15) is 4.79 Å². The number of esters is 1. The normalized spacial score (nSPS) is 12.6. The van der Waals surface area contributed by atoms with Crippen LogP contribution in [0.15, 0.2) is 0 Å². The van der Waals surface area contributed by atoms with Crippen molar-refractivity contribution < 1.29 is 9.53 Å². The third kappa shape index (κ3) is 6.16. The lowest BCUT2D eigenvalue weighted by molar-refractivity contribution is -0.143. The molecule has 0 amide bonds. The highest BCUT2D eigenvalue weighted by Gasteiger charge is 2.05. The summed E-state index contributed by atoms with van der Waals surface area (Å²) in [4.78, 5) is 10.9. The maximum absolute atomic E-state index is 10.9. The highest BCUT2D eigenvalue weighted by Crippen LogP contribution is 2.02. The monoisotopic (exact) mass is 173 g/mol. The molecule has 0 saturated heterocycles. The van der Waals surface area contributed by atoms with Crippen molar-refractivity contribution in [3.63, 3.8) is 0 Å². The summed E-state index contributed by atoms with van der Waals surface area (Å²) >= 11 is 0. The van der Waals surface area contributed by atoms with Crippen molar-refractivity contribution in [2.75, 3.05) is 6.61 Å². The Bertz CT molecular complexity index is 126. The molecule has 0 saturated carbocycles. The molecule has 0 fully saturated rings. The number of hydrogen-bond donors (Lipinski definition) is 1. The topological polar surface area (TPSA) is 52.3 Å². The second-order valence-electron chi connectivity index (χ2n) is 2.89. The molecule has 2 N–H and O–H groups in total. The first-order chi connectivity index (χ1) is 5.70. The second-order valence-corrected chi connectivity index (χ2v) is 2.89. The smallest absolute Gasteiger partial charge is 0.305 e. The maximum Gasteiger partial charge on any atom is 0.305 e. The number of carbonyl (C=O) groups is 1. The molecule has 0 heterocycles. The molecule has 0 aromatic rings. The predicted molar refractivity (Wildman–Crippen MR) is 48.8 cm³/mol. The molecule has 1 unspecified atom stereocenters. The van der Waals surface area contributed by atoms with Crippen molar-refractivity contribution in [3.05, 3.63) is 0 Å². The molecule has 0 aromatic carbocycles. The van der Waals surface area contributed by atoms with E-state index >= 15 is 0 Å². The number of nitrogens with two attached hydrogens (primary N) is 1. The second kappa shape index (κ2) is 7.10. The number of rotatable bonds is 6. The highest BCUT2D eigenvalue weighted by atomic mass is 16.5. The number of ether oxygens (including phenoxy) is 1.